The molecule has 2 N–H and O–H groups in total. The third-order valence-corrected chi connectivity index (χ3v) is 2.75. The maximum absolute atomic E-state index is 5.63. The molecule has 0 bridgehead atoms. The van der Waals surface area contributed by atoms with Crippen LogP contribution in [0.15, 0.2) is 12.4 Å². The fraction of sp³-hybridized carbons (Fsp3) is 0.600. The molecule has 0 saturated carbocycles. The quantitative estimate of drug-likeness (QED) is 0.772. The highest BCUT2D eigenvalue weighted by Gasteiger charge is 2.22. The van der Waals surface area contributed by atoms with Crippen LogP contribution in [-0.4, -0.2) is 36.7 Å². The first kappa shape index (κ1) is 10.2. The Labute approximate surface area is 89.3 Å². The van der Waals surface area contributed by atoms with Crippen LogP contribution in [0.4, 0.5) is 5.95 Å². The molecule has 2 heterocycles. The van der Waals surface area contributed by atoms with Crippen LogP contribution in [-0.2, 0) is 0 Å². The van der Waals surface area contributed by atoms with Crippen molar-refractivity contribution in [2.75, 3.05) is 31.6 Å². The standard InChI is InChI=1S/C10H16N4O/c1-15-9-5-12-10(13-6-9)14-3-2-8(4-11)7-14/h5-6,8H,2-4,7,11H2,1H3. The molecule has 1 atom stereocenters. The number of ether oxygens (including phenoxy) is 1. The van der Waals surface area contributed by atoms with E-state index in [1.807, 2.05) is 0 Å². The topological polar surface area (TPSA) is 64.3 Å². The van der Waals surface area contributed by atoms with Crippen molar-refractivity contribution in [3.8, 4) is 5.75 Å². The Morgan fingerprint density at radius 2 is 2.27 bits per heavy atom. The molecule has 82 valence electrons. The molecule has 1 aromatic rings. The van der Waals surface area contributed by atoms with E-state index in [1.165, 1.54) is 0 Å². The van der Waals surface area contributed by atoms with E-state index >= 15 is 0 Å². The summed E-state index contributed by atoms with van der Waals surface area (Å²) in [4.78, 5) is 10.7. The number of methoxy groups -OCH3 is 1. The molecule has 1 aliphatic rings. The molecule has 0 radical (unpaired) electrons. The highest BCUT2D eigenvalue weighted by atomic mass is 16.5. The van der Waals surface area contributed by atoms with E-state index in [-0.39, 0.29) is 0 Å². The third kappa shape index (κ3) is 2.18. The van der Waals surface area contributed by atoms with Crippen LogP contribution in [0.25, 0.3) is 0 Å². The Kier molecular flexibility index (Phi) is 3.01. The maximum atomic E-state index is 5.63. The zero-order chi connectivity index (χ0) is 10.7. The molecule has 15 heavy (non-hydrogen) atoms. The number of hydrogen-bond acceptors (Lipinski definition) is 5. The van der Waals surface area contributed by atoms with Crippen LogP contribution >= 0.6 is 0 Å². The number of nitrogens with two attached hydrogens (primary N) is 1. The minimum Gasteiger partial charge on any atom is -0.494 e. The smallest absolute Gasteiger partial charge is 0.225 e. The minimum atomic E-state index is 0.579. The van der Waals surface area contributed by atoms with Gasteiger partial charge in [-0.1, -0.05) is 0 Å². The van der Waals surface area contributed by atoms with Gasteiger partial charge in [0.15, 0.2) is 5.75 Å². The van der Waals surface area contributed by atoms with Crippen molar-refractivity contribution in [3.05, 3.63) is 12.4 Å². The van der Waals surface area contributed by atoms with Crippen LogP contribution < -0.4 is 15.4 Å². The van der Waals surface area contributed by atoms with E-state index < -0.39 is 0 Å². The maximum Gasteiger partial charge on any atom is 0.225 e. The lowest BCUT2D eigenvalue weighted by Gasteiger charge is -2.15. The largest absolute Gasteiger partial charge is 0.494 e. The van der Waals surface area contributed by atoms with Gasteiger partial charge in [0.2, 0.25) is 5.95 Å². The molecule has 1 fully saturated rings. The van der Waals surface area contributed by atoms with Crippen LogP contribution in [0.3, 0.4) is 0 Å². The lowest BCUT2D eigenvalue weighted by atomic mass is 10.1. The summed E-state index contributed by atoms with van der Waals surface area (Å²) in [6.45, 7) is 2.70. The van der Waals surface area contributed by atoms with E-state index in [4.69, 9.17) is 10.5 Å². The summed E-state index contributed by atoms with van der Waals surface area (Å²) >= 11 is 0. The zero-order valence-corrected chi connectivity index (χ0v) is 8.89. The van der Waals surface area contributed by atoms with Gasteiger partial charge < -0.3 is 15.4 Å². The molecule has 2 rings (SSSR count). The molecule has 1 aliphatic heterocycles. The molecule has 1 aromatic heterocycles. The molecular formula is C10H16N4O. The second-order valence-electron chi connectivity index (χ2n) is 3.76. The molecule has 0 spiro atoms. The predicted molar refractivity (Wildman–Crippen MR) is 58.0 cm³/mol. The highest BCUT2D eigenvalue weighted by molar-refractivity contribution is 5.32. The van der Waals surface area contributed by atoms with Gasteiger partial charge in [-0.05, 0) is 18.9 Å². The van der Waals surface area contributed by atoms with E-state index in [1.54, 1.807) is 19.5 Å². The Bertz CT molecular complexity index is 314. The second-order valence-corrected chi connectivity index (χ2v) is 3.76. The summed E-state index contributed by atoms with van der Waals surface area (Å²) in [5, 5.41) is 0. The Morgan fingerprint density at radius 3 is 2.80 bits per heavy atom. The van der Waals surface area contributed by atoms with Crippen molar-refractivity contribution in [2.45, 2.75) is 6.42 Å². The van der Waals surface area contributed by atoms with Crippen molar-refractivity contribution in [1.82, 2.24) is 9.97 Å². The molecule has 5 heteroatoms. The Morgan fingerprint density at radius 1 is 1.53 bits per heavy atom. The second kappa shape index (κ2) is 4.44. The van der Waals surface area contributed by atoms with E-state index in [2.05, 4.69) is 14.9 Å². The normalized spacial score (nSPS) is 20.7. The lowest BCUT2D eigenvalue weighted by Crippen LogP contribution is -2.24. The molecular weight excluding hydrogens is 192 g/mol. The molecule has 0 aromatic carbocycles. The van der Waals surface area contributed by atoms with Crippen molar-refractivity contribution < 1.29 is 4.74 Å². The van der Waals surface area contributed by atoms with Gasteiger partial charge in [-0.25, -0.2) is 9.97 Å². The monoisotopic (exact) mass is 208 g/mol. The molecule has 5 nitrogen and oxygen atoms in total. The summed E-state index contributed by atoms with van der Waals surface area (Å²) in [5.41, 5.74) is 5.63. The number of hydrogen-bond donors (Lipinski definition) is 1. The van der Waals surface area contributed by atoms with Gasteiger partial charge >= 0.3 is 0 Å². The van der Waals surface area contributed by atoms with Crippen molar-refractivity contribution in [2.24, 2.45) is 11.7 Å². The summed E-state index contributed by atoms with van der Waals surface area (Å²) in [7, 11) is 1.61. The number of aromatic nitrogens is 2. The van der Waals surface area contributed by atoms with Gasteiger partial charge in [0.05, 0.1) is 19.5 Å². The number of nitrogens with zero attached hydrogens (tertiary/aromatic N) is 3. The average molecular weight is 208 g/mol. The van der Waals surface area contributed by atoms with Gasteiger partial charge in [-0.2, -0.15) is 0 Å². The third-order valence-electron chi connectivity index (χ3n) is 2.75. The van der Waals surface area contributed by atoms with Crippen molar-refractivity contribution in [3.63, 3.8) is 0 Å². The first-order valence-corrected chi connectivity index (χ1v) is 5.14. The lowest BCUT2D eigenvalue weighted by molar-refractivity contribution is 0.410. The Balaban J connectivity index is 2.04. The van der Waals surface area contributed by atoms with Crippen molar-refractivity contribution in [1.29, 1.82) is 0 Å². The van der Waals surface area contributed by atoms with Crippen LogP contribution in [0.5, 0.6) is 5.75 Å². The first-order chi connectivity index (χ1) is 7.33. The van der Waals surface area contributed by atoms with E-state index in [9.17, 15) is 0 Å². The molecule has 1 saturated heterocycles. The van der Waals surface area contributed by atoms with Gasteiger partial charge in [0.25, 0.3) is 0 Å². The van der Waals surface area contributed by atoms with Gasteiger partial charge in [-0.3, -0.25) is 0 Å². The van der Waals surface area contributed by atoms with E-state index in [0.29, 0.717) is 11.7 Å². The molecule has 1 unspecified atom stereocenters. The van der Waals surface area contributed by atoms with Crippen molar-refractivity contribution >= 4 is 5.95 Å². The van der Waals surface area contributed by atoms with Crippen LogP contribution in [0.2, 0.25) is 0 Å². The Hall–Kier alpha value is -1.36. The van der Waals surface area contributed by atoms with Crippen LogP contribution in [0.1, 0.15) is 6.42 Å². The predicted octanol–water partition coefficient (Wildman–Crippen LogP) is 0.270. The highest BCUT2D eigenvalue weighted by Crippen LogP contribution is 2.20. The molecule has 0 aliphatic carbocycles. The van der Waals surface area contributed by atoms with Gasteiger partial charge in [0.1, 0.15) is 0 Å². The summed E-state index contributed by atoms with van der Waals surface area (Å²) in [6.07, 6.45) is 4.52. The summed E-state index contributed by atoms with van der Waals surface area (Å²) in [6, 6.07) is 0. The molecule has 0 amide bonds. The number of rotatable bonds is 3. The van der Waals surface area contributed by atoms with Crippen LogP contribution in [0, 0.1) is 5.92 Å². The fourth-order valence-corrected chi connectivity index (χ4v) is 1.78. The fourth-order valence-electron chi connectivity index (χ4n) is 1.78. The SMILES string of the molecule is COc1cnc(N2CCC(CN)C2)nc1. The number of anilines is 1. The first-order valence-electron chi connectivity index (χ1n) is 5.14. The average Bonchev–Trinajstić information content (AvgIpc) is 2.78. The summed E-state index contributed by atoms with van der Waals surface area (Å²) in [5.74, 6) is 2.04. The zero-order valence-electron chi connectivity index (χ0n) is 8.89. The summed E-state index contributed by atoms with van der Waals surface area (Å²) < 4.78 is 5.01. The van der Waals surface area contributed by atoms with E-state index in [0.717, 1.165) is 32.0 Å². The van der Waals surface area contributed by atoms with Gasteiger partial charge in [0, 0.05) is 13.1 Å². The minimum absolute atomic E-state index is 0.579. The van der Waals surface area contributed by atoms with Gasteiger partial charge in [-0.15, -0.1) is 0 Å².